The number of hydrogen-bond donors (Lipinski definition) is 2. The lowest BCUT2D eigenvalue weighted by Gasteiger charge is -2.04. The van der Waals surface area contributed by atoms with Crippen LogP contribution in [0.25, 0.3) is 0 Å². The standard InChI is InChI=1S/C18H28O3/c1-2-3-4-5-6-7-8-9-10-11-16(19)15-12-13-17(20)18(21)14-15/h12-14,20-21H,2-11H2,1H3. The van der Waals surface area contributed by atoms with Gasteiger partial charge in [-0.05, 0) is 24.6 Å². The highest BCUT2D eigenvalue weighted by molar-refractivity contribution is 5.96. The third-order valence-electron chi connectivity index (χ3n) is 3.80. The topological polar surface area (TPSA) is 57.5 Å². The Morgan fingerprint density at radius 3 is 2.00 bits per heavy atom. The number of hydrogen-bond acceptors (Lipinski definition) is 3. The van der Waals surface area contributed by atoms with Gasteiger partial charge in [0.1, 0.15) is 0 Å². The van der Waals surface area contributed by atoms with Crippen LogP contribution in [0.15, 0.2) is 18.2 Å². The summed E-state index contributed by atoms with van der Waals surface area (Å²) in [7, 11) is 0. The molecule has 0 aliphatic heterocycles. The molecule has 0 bridgehead atoms. The molecule has 1 rings (SSSR count). The highest BCUT2D eigenvalue weighted by Crippen LogP contribution is 2.25. The van der Waals surface area contributed by atoms with E-state index in [1.165, 1.54) is 57.1 Å². The molecule has 0 unspecified atom stereocenters. The van der Waals surface area contributed by atoms with Crippen LogP contribution in [0.3, 0.4) is 0 Å². The van der Waals surface area contributed by atoms with Crippen LogP contribution in [-0.4, -0.2) is 16.0 Å². The van der Waals surface area contributed by atoms with Crippen LogP contribution in [0.4, 0.5) is 0 Å². The highest BCUT2D eigenvalue weighted by atomic mass is 16.3. The summed E-state index contributed by atoms with van der Waals surface area (Å²) in [6, 6.07) is 4.26. The van der Waals surface area contributed by atoms with Gasteiger partial charge in [0.25, 0.3) is 0 Å². The lowest BCUT2D eigenvalue weighted by atomic mass is 10.0. The lowest BCUT2D eigenvalue weighted by Crippen LogP contribution is -1.98. The molecule has 3 heteroatoms. The normalized spacial score (nSPS) is 10.7. The van der Waals surface area contributed by atoms with Crippen LogP contribution in [0.2, 0.25) is 0 Å². The molecular formula is C18H28O3. The summed E-state index contributed by atoms with van der Waals surface area (Å²) in [4.78, 5) is 11.9. The summed E-state index contributed by atoms with van der Waals surface area (Å²) in [6.45, 7) is 2.23. The predicted octanol–water partition coefficient (Wildman–Crippen LogP) is 5.20. The van der Waals surface area contributed by atoms with Crippen molar-refractivity contribution in [1.82, 2.24) is 0 Å². The average molecular weight is 292 g/mol. The molecule has 1 aromatic rings. The number of carbonyl (C=O) groups is 1. The Balaban J connectivity index is 2.09. The molecule has 0 spiro atoms. The first-order valence-electron chi connectivity index (χ1n) is 8.20. The van der Waals surface area contributed by atoms with E-state index >= 15 is 0 Å². The van der Waals surface area contributed by atoms with Gasteiger partial charge < -0.3 is 10.2 Å². The Morgan fingerprint density at radius 2 is 1.43 bits per heavy atom. The van der Waals surface area contributed by atoms with E-state index in [0.29, 0.717) is 12.0 Å². The van der Waals surface area contributed by atoms with E-state index in [4.69, 9.17) is 0 Å². The Hall–Kier alpha value is -1.51. The molecule has 0 radical (unpaired) electrons. The van der Waals surface area contributed by atoms with E-state index in [1.807, 2.05) is 0 Å². The van der Waals surface area contributed by atoms with Gasteiger partial charge >= 0.3 is 0 Å². The largest absolute Gasteiger partial charge is 0.504 e. The van der Waals surface area contributed by atoms with Crippen molar-refractivity contribution < 1.29 is 15.0 Å². The molecule has 0 amide bonds. The van der Waals surface area contributed by atoms with Gasteiger partial charge in [0, 0.05) is 12.0 Å². The summed E-state index contributed by atoms with van der Waals surface area (Å²) < 4.78 is 0. The molecule has 21 heavy (non-hydrogen) atoms. The first-order chi connectivity index (χ1) is 10.1. The predicted molar refractivity (Wildman–Crippen MR) is 85.9 cm³/mol. The molecule has 0 aliphatic rings. The zero-order valence-corrected chi connectivity index (χ0v) is 13.1. The smallest absolute Gasteiger partial charge is 0.163 e. The van der Waals surface area contributed by atoms with E-state index < -0.39 is 0 Å². The van der Waals surface area contributed by atoms with Crippen molar-refractivity contribution in [3.05, 3.63) is 23.8 Å². The fraction of sp³-hybridized carbons (Fsp3) is 0.611. The minimum Gasteiger partial charge on any atom is -0.504 e. The minimum atomic E-state index is -0.229. The van der Waals surface area contributed by atoms with Crippen LogP contribution >= 0.6 is 0 Å². The molecule has 118 valence electrons. The third kappa shape index (κ3) is 7.16. The quantitative estimate of drug-likeness (QED) is 0.335. The molecule has 0 atom stereocenters. The summed E-state index contributed by atoms with van der Waals surface area (Å²) in [5.41, 5.74) is 0.477. The van der Waals surface area contributed by atoms with Crippen molar-refractivity contribution in [2.45, 2.75) is 71.1 Å². The van der Waals surface area contributed by atoms with E-state index in [2.05, 4.69) is 6.92 Å². The number of Topliss-reactive ketones (excluding diaryl/α,β-unsaturated/α-hetero) is 1. The maximum atomic E-state index is 11.9. The molecule has 2 N–H and O–H groups in total. The number of carbonyl (C=O) groups excluding carboxylic acids is 1. The van der Waals surface area contributed by atoms with Crippen molar-refractivity contribution in [3.8, 4) is 11.5 Å². The lowest BCUT2D eigenvalue weighted by molar-refractivity contribution is 0.0978. The van der Waals surface area contributed by atoms with Crippen LogP contribution in [0, 0.1) is 0 Å². The fourth-order valence-corrected chi connectivity index (χ4v) is 2.44. The maximum absolute atomic E-state index is 11.9. The highest BCUT2D eigenvalue weighted by Gasteiger charge is 2.08. The maximum Gasteiger partial charge on any atom is 0.163 e. The van der Waals surface area contributed by atoms with Gasteiger partial charge in [0.2, 0.25) is 0 Å². The van der Waals surface area contributed by atoms with Gasteiger partial charge in [-0.25, -0.2) is 0 Å². The van der Waals surface area contributed by atoms with Gasteiger partial charge in [-0.3, -0.25) is 4.79 Å². The molecule has 0 saturated carbocycles. The molecule has 1 aromatic carbocycles. The average Bonchev–Trinajstić information content (AvgIpc) is 2.48. The zero-order chi connectivity index (χ0) is 15.5. The Morgan fingerprint density at radius 1 is 0.857 bits per heavy atom. The van der Waals surface area contributed by atoms with Crippen molar-refractivity contribution in [1.29, 1.82) is 0 Å². The van der Waals surface area contributed by atoms with Crippen LogP contribution in [-0.2, 0) is 0 Å². The number of aromatic hydroxyl groups is 2. The second-order valence-electron chi connectivity index (χ2n) is 5.71. The zero-order valence-electron chi connectivity index (χ0n) is 13.1. The third-order valence-corrected chi connectivity index (χ3v) is 3.80. The van der Waals surface area contributed by atoms with E-state index in [1.54, 1.807) is 6.07 Å². The number of rotatable bonds is 11. The van der Waals surface area contributed by atoms with Gasteiger partial charge in [0.15, 0.2) is 17.3 Å². The first-order valence-corrected chi connectivity index (χ1v) is 8.20. The summed E-state index contributed by atoms with van der Waals surface area (Å²) in [5, 5.41) is 18.6. The Labute approximate surface area is 128 Å². The fourth-order valence-electron chi connectivity index (χ4n) is 2.44. The number of phenolic OH excluding ortho intramolecular Hbond substituents is 2. The summed E-state index contributed by atoms with van der Waals surface area (Å²) in [6.07, 6.45) is 11.6. The monoisotopic (exact) mass is 292 g/mol. The van der Waals surface area contributed by atoms with E-state index in [0.717, 1.165) is 12.8 Å². The van der Waals surface area contributed by atoms with Crippen LogP contribution < -0.4 is 0 Å². The molecule has 0 heterocycles. The van der Waals surface area contributed by atoms with Crippen molar-refractivity contribution in [2.75, 3.05) is 0 Å². The van der Waals surface area contributed by atoms with Gasteiger partial charge in [0.05, 0.1) is 0 Å². The molecule has 0 aromatic heterocycles. The van der Waals surface area contributed by atoms with Crippen LogP contribution in [0.5, 0.6) is 11.5 Å². The first kappa shape index (κ1) is 17.5. The Kier molecular flexibility index (Phi) is 8.56. The molecule has 0 fully saturated rings. The van der Waals surface area contributed by atoms with E-state index in [-0.39, 0.29) is 17.3 Å². The molecule has 3 nitrogen and oxygen atoms in total. The number of unbranched alkanes of at least 4 members (excludes halogenated alkanes) is 8. The number of phenols is 2. The second kappa shape index (κ2) is 10.3. The van der Waals surface area contributed by atoms with Crippen molar-refractivity contribution in [2.24, 2.45) is 0 Å². The molecule has 0 saturated heterocycles. The van der Waals surface area contributed by atoms with Gasteiger partial charge in [-0.1, -0.05) is 58.3 Å². The number of benzene rings is 1. The van der Waals surface area contributed by atoms with Crippen LogP contribution in [0.1, 0.15) is 81.5 Å². The molecular weight excluding hydrogens is 264 g/mol. The summed E-state index contributed by atoms with van der Waals surface area (Å²) >= 11 is 0. The summed E-state index contributed by atoms with van der Waals surface area (Å²) in [5.74, 6) is -0.379. The van der Waals surface area contributed by atoms with Crippen molar-refractivity contribution in [3.63, 3.8) is 0 Å². The number of ketones is 1. The van der Waals surface area contributed by atoms with E-state index in [9.17, 15) is 15.0 Å². The minimum absolute atomic E-state index is 0.0354. The second-order valence-corrected chi connectivity index (χ2v) is 5.71. The Bertz CT molecular complexity index is 426. The van der Waals surface area contributed by atoms with Gasteiger partial charge in [-0.15, -0.1) is 0 Å². The van der Waals surface area contributed by atoms with Gasteiger partial charge in [-0.2, -0.15) is 0 Å². The molecule has 0 aliphatic carbocycles. The SMILES string of the molecule is CCCCCCCCCCCC(=O)c1ccc(O)c(O)c1. The van der Waals surface area contributed by atoms with Crippen molar-refractivity contribution >= 4 is 5.78 Å².